The molecule has 0 spiro atoms. The molecule has 1 saturated heterocycles. The average molecular weight is 406 g/mol. The molecule has 1 aliphatic heterocycles. The van der Waals surface area contributed by atoms with Gasteiger partial charge in [0.25, 0.3) is 0 Å². The van der Waals surface area contributed by atoms with Crippen LogP contribution in [0, 0.1) is 27.7 Å². The number of likely N-dealkylation sites (tertiary alicyclic amines) is 1. The van der Waals surface area contributed by atoms with E-state index in [-0.39, 0.29) is 24.9 Å². The van der Waals surface area contributed by atoms with Crippen molar-refractivity contribution in [1.29, 1.82) is 0 Å². The van der Waals surface area contributed by atoms with Crippen LogP contribution in [0.25, 0.3) is 0 Å². The van der Waals surface area contributed by atoms with E-state index in [1.54, 1.807) is 22.0 Å². The summed E-state index contributed by atoms with van der Waals surface area (Å²) in [5.74, 6) is -0.0563. The van der Waals surface area contributed by atoms with E-state index in [4.69, 9.17) is 0 Å². The largest absolute Gasteiger partial charge is 0.340 e. The average Bonchev–Trinajstić information content (AvgIpc) is 3.31. The smallest absolute Gasteiger partial charge is 0.241 e. The minimum Gasteiger partial charge on any atom is -0.340 e. The molecule has 1 aliphatic rings. The number of rotatable bonds is 6. The number of carbonyl (C=O) groups is 1. The molecule has 0 aliphatic carbocycles. The van der Waals surface area contributed by atoms with Gasteiger partial charge in [-0.15, -0.1) is 5.10 Å². The molecule has 2 heterocycles. The summed E-state index contributed by atoms with van der Waals surface area (Å²) in [5, 5.41) is 7.79. The van der Waals surface area contributed by atoms with E-state index in [0.29, 0.717) is 18.0 Å². The first-order chi connectivity index (χ1) is 13.2. The SMILES string of the molecule is Cc1cc(C)c(C)c(S(=O)(=O)NCCC(=O)N2CC[C@H](n3ccnn3)C2)c1C. The zero-order valence-electron chi connectivity index (χ0n) is 16.8. The van der Waals surface area contributed by atoms with E-state index in [2.05, 4.69) is 15.0 Å². The van der Waals surface area contributed by atoms with Crippen LogP contribution in [0.2, 0.25) is 0 Å². The number of amides is 1. The van der Waals surface area contributed by atoms with E-state index in [0.717, 1.165) is 28.7 Å². The van der Waals surface area contributed by atoms with E-state index < -0.39 is 10.0 Å². The molecular weight excluding hydrogens is 378 g/mol. The predicted molar refractivity (Wildman–Crippen MR) is 105 cm³/mol. The third-order valence-electron chi connectivity index (χ3n) is 5.53. The van der Waals surface area contributed by atoms with Crippen LogP contribution in [0.5, 0.6) is 0 Å². The molecule has 9 heteroatoms. The first kappa shape index (κ1) is 20.5. The summed E-state index contributed by atoms with van der Waals surface area (Å²) >= 11 is 0. The van der Waals surface area contributed by atoms with Crippen molar-refractivity contribution in [2.45, 2.75) is 51.5 Å². The summed E-state index contributed by atoms with van der Waals surface area (Å²) < 4.78 is 30.0. The summed E-state index contributed by atoms with van der Waals surface area (Å²) in [5.41, 5.74) is 3.38. The molecule has 1 fully saturated rings. The summed E-state index contributed by atoms with van der Waals surface area (Å²) in [4.78, 5) is 14.6. The van der Waals surface area contributed by atoms with Crippen LogP contribution in [-0.4, -0.2) is 53.9 Å². The molecule has 0 radical (unpaired) electrons. The minimum absolute atomic E-state index is 0.0563. The Balaban J connectivity index is 1.60. The van der Waals surface area contributed by atoms with Crippen molar-refractivity contribution in [2.24, 2.45) is 0 Å². The normalized spacial score (nSPS) is 17.3. The lowest BCUT2D eigenvalue weighted by atomic mass is 10.0. The van der Waals surface area contributed by atoms with Crippen molar-refractivity contribution < 1.29 is 13.2 Å². The fourth-order valence-electron chi connectivity index (χ4n) is 3.70. The maximum atomic E-state index is 12.8. The number of nitrogens with one attached hydrogen (secondary N) is 1. The van der Waals surface area contributed by atoms with Crippen LogP contribution < -0.4 is 4.72 Å². The minimum atomic E-state index is -3.68. The monoisotopic (exact) mass is 405 g/mol. The molecule has 1 aromatic heterocycles. The molecule has 0 unspecified atom stereocenters. The van der Waals surface area contributed by atoms with Gasteiger partial charge in [0.2, 0.25) is 15.9 Å². The third-order valence-corrected chi connectivity index (χ3v) is 7.26. The molecule has 1 N–H and O–H groups in total. The maximum Gasteiger partial charge on any atom is 0.241 e. The van der Waals surface area contributed by atoms with Crippen molar-refractivity contribution >= 4 is 15.9 Å². The summed E-state index contributed by atoms with van der Waals surface area (Å²) in [6, 6.07) is 2.12. The molecule has 1 amide bonds. The highest BCUT2D eigenvalue weighted by atomic mass is 32.2. The quantitative estimate of drug-likeness (QED) is 0.788. The van der Waals surface area contributed by atoms with Crippen LogP contribution in [-0.2, 0) is 14.8 Å². The predicted octanol–water partition coefficient (Wildman–Crippen LogP) is 1.65. The standard InChI is InChI=1S/C19H27N5O3S/c1-13-11-14(2)16(4)19(15(13)3)28(26,27)21-7-5-18(25)23-9-6-17(12-23)24-10-8-20-22-24/h8,10-11,17,21H,5-7,9,12H2,1-4H3/t17-/m0/s1. The number of hydrogen-bond acceptors (Lipinski definition) is 5. The molecule has 2 aromatic rings. The van der Waals surface area contributed by atoms with Gasteiger partial charge >= 0.3 is 0 Å². The Hall–Kier alpha value is -2.26. The van der Waals surface area contributed by atoms with Crippen LogP contribution >= 0.6 is 0 Å². The lowest BCUT2D eigenvalue weighted by Crippen LogP contribution is -2.34. The first-order valence-corrected chi connectivity index (χ1v) is 10.9. The zero-order chi connectivity index (χ0) is 20.5. The molecule has 3 rings (SSSR count). The molecule has 8 nitrogen and oxygen atoms in total. The Labute approximate surface area is 166 Å². The fourth-order valence-corrected chi connectivity index (χ4v) is 5.35. The van der Waals surface area contributed by atoms with Crippen molar-refractivity contribution in [3.8, 4) is 0 Å². The number of sulfonamides is 1. The van der Waals surface area contributed by atoms with Gasteiger partial charge in [0.15, 0.2) is 0 Å². The fraction of sp³-hybridized carbons (Fsp3) is 0.526. The van der Waals surface area contributed by atoms with Crippen LogP contribution in [0.4, 0.5) is 0 Å². The van der Waals surface area contributed by atoms with Gasteiger partial charge in [0, 0.05) is 32.3 Å². The summed E-state index contributed by atoms with van der Waals surface area (Å²) in [6.07, 6.45) is 4.37. The number of aromatic nitrogens is 3. The highest BCUT2D eigenvalue weighted by Crippen LogP contribution is 2.26. The van der Waals surface area contributed by atoms with Gasteiger partial charge in [-0.1, -0.05) is 11.3 Å². The Morgan fingerprint density at radius 1 is 1.21 bits per heavy atom. The number of benzene rings is 1. The Morgan fingerprint density at radius 3 is 2.50 bits per heavy atom. The number of hydrogen-bond donors (Lipinski definition) is 1. The van der Waals surface area contributed by atoms with Crippen LogP contribution in [0.3, 0.4) is 0 Å². The molecule has 0 bridgehead atoms. The molecule has 152 valence electrons. The second-order valence-electron chi connectivity index (χ2n) is 7.40. The van der Waals surface area contributed by atoms with Crippen LogP contribution in [0.1, 0.15) is 41.1 Å². The first-order valence-electron chi connectivity index (χ1n) is 9.41. The summed E-state index contributed by atoms with van der Waals surface area (Å²) in [7, 11) is -3.68. The Kier molecular flexibility index (Phi) is 5.85. The Morgan fingerprint density at radius 2 is 1.89 bits per heavy atom. The van der Waals surface area contributed by atoms with E-state index in [1.165, 1.54) is 0 Å². The topological polar surface area (TPSA) is 97.2 Å². The molecular formula is C19H27N5O3S. The molecule has 28 heavy (non-hydrogen) atoms. The molecule has 1 atom stereocenters. The van der Waals surface area contributed by atoms with E-state index in [1.807, 2.05) is 33.8 Å². The van der Waals surface area contributed by atoms with E-state index >= 15 is 0 Å². The van der Waals surface area contributed by atoms with Crippen molar-refractivity contribution in [1.82, 2.24) is 24.6 Å². The van der Waals surface area contributed by atoms with Gasteiger partial charge in [-0.05, 0) is 56.4 Å². The lowest BCUT2D eigenvalue weighted by molar-refractivity contribution is -0.130. The van der Waals surface area contributed by atoms with Crippen molar-refractivity contribution in [3.63, 3.8) is 0 Å². The Bertz CT molecular complexity index is 944. The highest BCUT2D eigenvalue weighted by Gasteiger charge is 2.28. The number of nitrogens with zero attached hydrogens (tertiary/aromatic N) is 4. The van der Waals surface area contributed by atoms with Crippen LogP contribution in [0.15, 0.2) is 23.4 Å². The van der Waals surface area contributed by atoms with Gasteiger partial charge in [0.1, 0.15) is 0 Å². The van der Waals surface area contributed by atoms with Gasteiger partial charge < -0.3 is 4.90 Å². The van der Waals surface area contributed by atoms with Gasteiger partial charge in [-0.25, -0.2) is 17.8 Å². The molecule has 1 aromatic carbocycles. The third kappa shape index (κ3) is 4.10. The zero-order valence-corrected chi connectivity index (χ0v) is 17.6. The molecule has 0 saturated carbocycles. The van der Waals surface area contributed by atoms with Gasteiger partial charge in [0.05, 0.1) is 17.1 Å². The maximum absolute atomic E-state index is 12.8. The second kappa shape index (κ2) is 8.00. The van der Waals surface area contributed by atoms with E-state index in [9.17, 15) is 13.2 Å². The van der Waals surface area contributed by atoms with Gasteiger partial charge in [-0.3, -0.25) is 4.79 Å². The summed E-state index contributed by atoms with van der Waals surface area (Å²) in [6.45, 7) is 8.74. The second-order valence-corrected chi connectivity index (χ2v) is 9.11. The lowest BCUT2D eigenvalue weighted by Gasteiger charge is -2.18. The van der Waals surface area contributed by atoms with Crippen molar-refractivity contribution in [3.05, 3.63) is 40.7 Å². The number of carbonyl (C=O) groups excluding carboxylic acids is 1. The number of aryl methyl sites for hydroxylation is 2. The van der Waals surface area contributed by atoms with Gasteiger partial charge in [-0.2, -0.15) is 0 Å². The van der Waals surface area contributed by atoms with Crippen molar-refractivity contribution in [2.75, 3.05) is 19.6 Å². The highest BCUT2D eigenvalue weighted by molar-refractivity contribution is 7.89.